The number of unbranched alkanes of at least 4 members (excludes halogenated alkanes) is 17. The Morgan fingerprint density at radius 1 is 0.567 bits per heavy atom. The molecule has 2 rings (SSSR count). The van der Waals surface area contributed by atoms with Crippen molar-refractivity contribution in [3.05, 3.63) is 22.1 Å². The molecule has 0 aromatic carbocycles. The maximum absolute atomic E-state index is 4.80. The fourth-order valence-corrected chi connectivity index (χ4v) is 5.03. The van der Waals surface area contributed by atoms with Crippen LogP contribution in [-0.2, 0) is 6.42 Å². The van der Waals surface area contributed by atoms with Crippen LogP contribution >= 0.6 is 11.3 Å². The number of fused-ring (bicyclic) bond motifs is 1. The summed E-state index contributed by atoms with van der Waals surface area (Å²) in [6.07, 6.45) is 26.8. The van der Waals surface area contributed by atoms with Gasteiger partial charge in [0.05, 0.1) is 22.4 Å². The van der Waals surface area contributed by atoms with Gasteiger partial charge in [-0.2, -0.15) is 0 Å². The van der Waals surface area contributed by atoms with Crippen LogP contribution in [0.1, 0.15) is 134 Å². The van der Waals surface area contributed by atoms with Gasteiger partial charge < -0.3 is 0 Å². The highest BCUT2D eigenvalue weighted by Gasteiger charge is 2.05. The molecular weight excluding hydrogens is 384 g/mol. The Morgan fingerprint density at radius 3 is 1.43 bits per heavy atom. The van der Waals surface area contributed by atoms with Gasteiger partial charge in [0.25, 0.3) is 0 Å². The molecule has 170 valence electrons. The quantitative estimate of drug-likeness (QED) is 0.207. The van der Waals surface area contributed by atoms with E-state index in [1.807, 2.05) is 0 Å². The van der Waals surface area contributed by atoms with E-state index in [0.717, 1.165) is 23.1 Å². The van der Waals surface area contributed by atoms with E-state index in [2.05, 4.69) is 29.6 Å². The van der Waals surface area contributed by atoms with Crippen molar-refractivity contribution in [1.29, 1.82) is 0 Å². The summed E-state index contributed by atoms with van der Waals surface area (Å²) in [4.78, 5) is 9.48. The third-order valence-corrected chi connectivity index (χ3v) is 7.07. The zero-order valence-electron chi connectivity index (χ0n) is 19.9. The molecule has 0 aliphatic rings. The molecule has 2 aromatic rings. The van der Waals surface area contributed by atoms with Gasteiger partial charge >= 0.3 is 0 Å². The lowest BCUT2D eigenvalue weighted by Crippen LogP contribution is -1.97. The molecule has 0 aliphatic heterocycles. The molecule has 0 aliphatic carbocycles. The second-order valence-electron chi connectivity index (χ2n) is 9.16. The van der Waals surface area contributed by atoms with E-state index in [9.17, 15) is 0 Å². The molecule has 2 aromatic heterocycles. The van der Waals surface area contributed by atoms with Gasteiger partial charge in [-0.1, -0.05) is 116 Å². The molecule has 0 fully saturated rings. The predicted molar refractivity (Wildman–Crippen MR) is 135 cm³/mol. The number of thiophene rings is 1. The van der Waals surface area contributed by atoms with Crippen LogP contribution in [0.15, 0.2) is 10.8 Å². The summed E-state index contributed by atoms with van der Waals surface area (Å²) in [6, 6.07) is 0. The average Bonchev–Trinajstić information content (AvgIpc) is 3.20. The minimum absolute atomic E-state index is 1.05. The molecule has 0 bridgehead atoms. The summed E-state index contributed by atoms with van der Waals surface area (Å²) in [6.45, 7) is 4.40. The van der Waals surface area contributed by atoms with Crippen LogP contribution in [0.3, 0.4) is 0 Å². The van der Waals surface area contributed by atoms with Crippen LogP contribution in [0.5, 0.6) is 0 Å². The summed E-state index contributed by atoms with van der Waals surface area (Å²) < 4.78 is 0. The Morgan fingerprint density at radius 2 is 0.967 bits per heavy atom. The number of hydrogen-bond donors (Lipinski definition) is 0. The Bertz CT molecular complexity index is 664. The van der Waals surface area contributed by atoms with E-state index < -0.39 is 0 Å². The largest absolute Gasteiger partial charge is 0.249 e. The van der Waals surface area contributed by atoms with Crippen molar-refractivity contribution in [2.24, 2.45) is 0 Å². The highest BCUT2D eigenvalue weighted by molar-refractivity contribution is 7.09. The van der Waals surface area contributed by atoms with Crippen LogP contribution < -0.4 is 0 Å². The minimum Gasteiger partial charge on any atom is -0.249 e. The molecule has 0 unspecified atom stereocenters. The SMILES string of the molecule is CCCCCCCCCCCCCCCCCCCCc1nc2cscc2nc1C. The first-order chi connectivity index (χ1) is 14.8. The number of hydrogen-bond acceptors (Lipinski definition) is 3. The summed E-state index contributed by atoms with van der Waals surface area (Å²) in [5.74, 6) is 0. The van der Waals surface area contributed by atoms with E-state index in [1.165, 1.54) is 121 Å². The summed E-state index contributed by atoms with van der Waals surface area (Å²) in [7, 11) is 0. The molecule has 0 N–H and O–H groups in total. The van der Waals surface area contributed by atoms with Crippen LogP contribution in [-0.4, -0.2) is 9.97 Å². The van der Waals surface area contributed by atoms with Crippen molar-refractivity contribution in [3.8, 4) is 0 Å². The van der Waals surface area contributed by atoms with E-state index in [1.54, 1.807) is 11.3 Å². The van der Waals surface area contributed by atoms with E-state index in [-0.39, 0.29) is 0 Å². The van der Waals surface area contributed by atoms with Crippen LogP contribution in [0, 0.1) is 6.92 Å². The first-order valence-corrected chi connectivity index (χ1v) is 13.9. The zero-order chi connectivity index (χ0) is 21.3. The average molecular weight is 431 g/mol. The number of aromatic nitrogens is 2. The maximum atomic E-state index is 4.80. The van der Waals surface area contributed by atoms with Crippen molar-refractivity contribution in [1.82, 2.24) is 9.97 Å². The van der Waals surface area contributed by atoms with Gasteiger partial charge in [0.15, 0.2) is 0 Å². The first-order valence-electron chi connectivity index (χ1n) is 13.0. The van der Waals surface area contributed by atoms with Crippen molar-refractivity contribution in [2.45, 2.75) is 136 Å². The lowest BCUT2D eigenvalue weighted by molar-refractivity contribution is 0.525. The Kier molecular flexibility index (Phi) is 14.1. The Labute approximate surface area is 190 Å². The molecule has 0 saturated heterocycles. The minimum atomic E-state index is 1.05. The highest BCUT2D eigenvalue weighted by atomic mass is 32.1. The first kappa shape index (κ1) is 25.3. The summed E-state index contributed by atoms with van der Waals surface area (Å²) in [5.41, 5.74) is 4.45. The van der Waals surface area contributed by atoms with Crippen LogP contribution in [0.25, 0.3) is 11.0 Å². The van der Waals surface area contributed by atoms with E-state index in [0.29, 0.717) is 0 Å². The van der Waals surface area contributed by atoms with Crippen molar-refractivity contribution in [3.63, 3.8) is 0 Å². The van der Waals surface area contributed by atoms with Gasteiger partial charge in [-0.25, -0.2) is 9.97 Å². The smallest absolute Gasteiger partial charge is 0.0997 e. The number of nitrogens with zero attached hydrogens (tertiary/aromatic N) is 2. The standard InChI is InChI=1S/C27H46N2S/c1-3-4-5-6-7-8-9-10-11-12-13-14-15-16-17-18-19-20-21-25-24(2)28-26-22-30-23-27(26)29-25/h22-23H,3-21H2,1-2H3. The monoisotopic (exact) mass is 430 g/mol. The molecule has 0 saturated carbocycles. The second-order valence-corrected chi connectivity index (χ2v) is 9.90. The lowest BCUT2D eigenvalue weighted by atomic mass is 10.0. The Hall–Kier alpha value is -0.960. The fourth-order valence-electron chi connectivity index (χ4n) is 4.35. The van der Waals surface area contributed by atoms with Gasteiger partial charge in [-0.05, 0) is 19.8 Å². The molecule has 0 radical (unpaired) electrons. The van der Waals surface area contributed by atoms with Gasteiger partial charge in [0.2, 0.25) is 0 Å². The molecular formula is C27H46N2S. The van der Waals surface area contributed by atoms with Gasteiger partial charge in [-0.15, -0.1) is 11.3 Å². The third-order valence-electron chi connectivity index (χ3n) is 6.35. The van der Waals surface area contributed by atoms with Crippen molar-refractivity contribution < 1.29 is 0 Å². The van der Waals surface area contributed by atoms with E-state index >= 15 is 0 Å². The van der Waals surface area contributed by atoms with Crippen molar-refractivity contribution in [2.75, 3.05) is 0 Å². The molecule has 0 atom stereocenters. The van der Waals surface area contributed by atoms with Crippen molar-refractivity contribution >= 4 is 22.4 Å². The topological polar surface area (TPSA) is 25.8 Å². The second kappa shape index (κ2) is 16.7. The maximum Gasteiger partial charge on any atom is 0.0997 e. The number of aryl methyl sites for hydroxylation is 2. The molecule has 30 heavy (non-hydrogen) atoms. The molecule has 2 nitrogen and oxygen atoms in total. The molecule has 0 spiro atoms. The van der Waals surface area contributed by atoms with Crippen LogP contribution in [0.2, 0.25) is 0 Å². The third kappa shape index (κ3) is 10.9. The van der Waals surface area contributed by atoms with Gasteiger partial charge in [0, 0.05) is 10.8 Å². The molecule has 2 heterocycles. The fraction of sp³-hybridized carbons (Fsp3) is 0.778. The van der Waals surface area contributed by atoms with Crippen LogP contribution in [0.4, 0.5) is 0 Å². The molecule has 0 amide bonds. The summed E-state index contributed by atoms with van der Waals surface area (Å²) in [5, 5.41) is 4.20. The normalized spacial score (nSPS) is 11.5. The highest BCUT2D eigenvalue weighted by Crippen LogP contribution is 2.19. The number of rotatable bonds is 19. The Balaban J connectivity index is 1.32. The van der Waals surface area contributed by atoms with E-state index in [4.69, 9.17) is 4.98 Å². The van der Waals surface area contributed by atoms with Gasteiger partial charge in [0.1, 0.15) is 0 Å². The summed E-state index contributed by atoms with van der Waals surface area (Å²) >= 11 is 1.70. The lowest BCUT2D eigenvalue weighted by Gasteiger charge is -2.05. The predicted octanol–water partition coefficient (Wildman–Crippen LogP) is 9.58. The van der Waals surface area contributed by atoms with Gasteiger partial charge in [-0.3, -0.25) is 0 Å². The molecule has 3 heteroatoms. The zero-order valence-corrected chi connectivity index (χ0v) is 20.7.